The third-order valence-corrected chi connectivity index (χ3v) is 7.16. The molecule has 0 bridgehead atoms. The molecule has 0 amide bonds. The molecule has 0 saturated carbocycles. The Hall–Kier alpha value is -1.32. The van der Waals surface area contributed by atoms with Gasteiger partial charge in [0.25, 0.3) is 0 Å². The number of nitrogens with zero attached hydrogens (tertiary/aromatic N) is 2. The monoisotopic (exact) mass is 409 g/mol. The Morgan fingerprint density at radius 3 is 2.71 bits per heavy atom. The molecule has 0 spiro atoms. The summed E-state index contributed by atoms with van der Waals surface area (Å²) in [5.41, 5.74) is 8.03. The summed E-state index contributed by atoms with van der Waals surface area (Å²) in [7, 11) is 1.75. The van der Waals surface area contributed by atoms with E-state index < -0.39 is 17.4 Å². The number of benzene rings is 1. The predicted molar refractivity (Wildman–Crippen MR) is 111 cm³/mol. The number of aryl methyl sites for hydroxylation is 1. The number of phenols is 1. The van der Waals surface area contributed by atoms with Gasteiger partial charge in [0, 0.05) is 20.3 Å². The number of aromatic hydroxyl groups is 1. The van der Waals surface area contributed by atoms with Crippen LogP contribution in [0.2, 0.25) is 0 Å². The maximum Gasteiger partial charge on any atom is 0.178 e. The molecule has 1 aromatic rings. The average Bonchev–Trinajstić information content (AvgIpc) is 2.65. The molecule has 2 aliphatic rings. The standard InChI is InChI=1S/C20H31N3O4S/c1-14-9-16(11-22-6-3-15(4-7-22)5-8-27-2)10-18(24)20(14)23-12-19(25)17(21)13-28(23)26/h9-10,15,17,24H,3-8,11-13,21H2,1-2H3/t17-,28?/m0/s1. The van der Waals surface area contributed by atoms with E-state index >= 15 is 0 Å². The van der Waals surface area contributed by atoms with Crippen molar-refractivity contribution in [1.82, 2.24) is 4.90 Å². The Kier molecular flexibility index (Phi) is 7.22. The number of ketones is 1. The zero-order valence-corrected chi connectivity index (χ0v) is 17.5. The van der Waals surface area contributed by atoms with E-state index in [-0.39, 0.29) is 23.8 Å². The first kappa shape index (κ1) is 21.4. The van der Waals surface area contributed by atoms with Gasteiger partial charge in [0.1, 0.15) is 24.0 Å². The van der Waals surface area contributed by atoms with E-state index in [2.05, 4.69) is 4.90 Å². The van der Waals surface area contributed by atoms with Gasteiger partial charge in [0.2, 0.25) is 0 Å². The second-order valence-corrected chi connectivity index (χ2v) is 9.30. The normalized spacial score (nSPS) is 24.7. The highest BCUT2D eigenvalue weighted by Gasteiger charge is 2.37. The summed E-state index contributed by atoms with van der Waals surface area (Å²) < 4.78 is 19.1. The van der Waals surface area contributed by atoms with Crippen molar-refractivity contribution in [3.05, 3.63) is 23.3 Å². The molecule has 3 rings (SSSR count). The summed E-state index contributed by atoms with van der Waals surface area (Å²) >= 11 is -1.41. The van der Waals surface area contributed by atoms with Crippen LogP contribution in [0, 0.1) is 12.8 Å². The first-order valence-corrected chi connectivity index (χ1v) is 11.1. The van der Waals surface area contributed by atoms with Crippen LogP contribution >= 0.6 is 0 Å². The summed E-state index contributed by atoms with van der Waals surface area (Å²) in [6.07, 6.45) is 3.46. The first-order chi connectivity index (χ1) is 13.4. The fraction of sp³-hybridized carbons (Fsp3) is 0.650. The Balaban J connectivity index is 1.65. The Labute approximate surface area is 170 Å². The minimum Gasteiger partial charge on any atom is -0.593 e. The van der Waals surface area contributed by atoms with Crippen molar-refractivity contribution in [2.75, 3.05) is 43.4 Å². The number of Topliss-reactive ketones (excluding diaryl/α,β-unsaturated/α-hetero) is 1. The molecule has 2 fully saturated rings. The smallest absolute Gasteiger partial charge is 0.178 e. The minimum atomic E-state index is -1.41. The van der Waals surface area contributed by atoms with Crippen LogP contribution in [0.4, 0.5) is 5.69 Å². The lowest BCUT2D eigenvalue weighted by Crippen LogP contribution is -2.54. The molecule has 156 valence electrons. The Morgan fingerprint density at radius 2 is 2.07 bits per heavy atom. The van der Waals surface area contributed by atoms with Gasteiger partial charge >= 0.3 is 0 Å². The molecule has 1 aromatic carbocycles. The number of hydrogen-bond acceptors (Lipinski definition) is 7. The average molecular weight is 410 g/mol. The molecule has 2 heterocycles. The summed E-state index contributed by atoms with van der Waals surface area (Å²) in [5, 5.41) is 10.6. The van der Waals surface area contributed by atoms with Crippen LogP contribution in [0.3, 0.4) is 0 Å². The number of rotatable bonds is 6. The van der Waals surface area contributed by atoms with Gasteiger partial charge in [0.15, 0.2) is 11.5 Å². The topological polar surface area (TPSA) is 102 Å². The molecule has 3 N–H and O–H groups in total. The van der Waals surface area contributed by atoms with E-state index in [1.165, 1.54) is 17.1 Å². The van der Waals surface area contributed by atoms with Crippen LogP contribution in [-0.2, 0) is 27.4 Å². The van der Waals surface area contributed by atoms with Gasteiger partial charge in [-0.15, -0.1) is 0 Å². The van der Waals surface area contributed by atoms with Crippen molar-refractivity contribution < 1.29 is 19.2 Å². The molecular formula is C20H31N3O4S. The van der Waals surface area contributed by atoms with Gasteiger partial charge in [-0.2, -0.15) is 4.31 Å². The number of methoxy groups -OCH3 is 1. The van der Waals surface area contributed by atoms with Crippen molar-refractivity contribution >= 4 is 22.8 Å². The van der Waals surface area contributed by atoms with Crippen molar-refractivity contribution in [1.29, 1.82) is 0 Å². The van der Waals surface area contributed by atoms with Gasteiger partial charge in [-0.3, -0.25) is 9.69 Å². The van der Waals surface area contributed by atoms with Gasteiger partial charge in [-0.05, 0) is 62.4 Å². The second kappa shape index (κ2) is 9.45. The highest BCUT2D eigenvalue weighted by molar-refractivity contribution is 7.93. The molecule has 2 atom stereocenters. The summed E-state index contributed by atoms with van der Waals surface area (Å²) in [4.78, 5) is 14.4. The SMILES string of the molecule is COCCC1CCN(Cc2cc(C)c(N3CC(=O)[C@@H](N)C[S+]3[O-])c(O)c2)CC1. The van der Waals surface area contributed by atoms with Crippen molar-refractivity contribution in [2.45, 2.75) is 38.8 Å². The molecule has 28 heavy (non-hydrogen) atoms. The van der Waals surface area contributed by atoms with E-state index in [0.29, 0.717) is 5.69 Å². The van der Waals surface area contributed by atoms with Gasteiger partial charge in [0.05, 0.1) is 11.4 Å². The Morgan fingerprint density at radius 1 is 1.36 bits per heavy atom. The molecule has 2 aliphatic heterocycles. The number of piperidine rings is 1. The molecule has 0 aromatic heterocycles. The molecule has 0 radical (unpaired) electrons. The highest BCUT2D eigenvalue weighted by atomic mass is 32.2. The number of ether oxygens (including phenoxy) is 1. The van der Waals surface area contributed by atoms with Crippen molar-refractivity contribution in [2.24, 2.45) is 11.7 Å². The molecule has 7 nitrogen and oxygen atoms in total. The number of hydrogen-bond donors (Lipinski definition) is 2. The van der Waals surface area contributed by atoms with Crippen LogP contribution in [-0.4, -0.2) is 65.5 Å². The fourth-order valence-electron chi connectivity index (χ4n) is 4.07. The van der Waals surface area contributed by atoms with E-state index in [1.54, 1.807) is 13.2 Å². The number of carbonyl (C=O) groups excluding carboxylic acids is 1. The van der Waals surface area contributed by atoms with Crippen LogP contribution in [0.5, 0.6) is 5.75 Å². The number of carbonyl (C=O) groups is 1. The van der Waals surface area contributed by atoms with Crippen molar-refractivity contribution in [3.8, 4) is 5.75 Å². The number of anilines is 1. The summed E-state index contributed by atoms with van der Waals surface area (Å²) in [5.74, 6) is 0.740. The van der Waals surface area contributed by atoms with E-state index in [0.717, 1.165) is 49.7 Å². The number of nitrogens with two attached hydrogens (primary N) is 1. The maximum absolute atomic E-state index is 12.4. The molecule has 8 heteroatoms. The first-order valence-electron chi connectivity index (χ1n) is 9.87. The zero-order chi connectivity index (χ0) is 20.3. The third-order valence-electron chi connectivity index (χ3n) is 5.71. The van der Waals surface area contributed by atoms with Crippen LogP contribution in [0.15, 0.2) is 12.1 Å². The molecular weight excluding hydrogens is 378 g/mol. The number of likely N-dealkylation sites (tertiary alicyclic amines) is 1. The molecule has 2 saturated heterocycles. The number of phenolic OH excluding ortho intramolecular Hbond substituents is 1. The third kappa shape index (κ3) is 4.99. The molecule has 0 aliphatic carbocycles. The van der Waals surface area contributed by atoms with E-state index in [9.17, 15) is 14.5 Å². The fourth-order valence-corrected chi connectivity index (χ4v) is 5.46. The largest absolute Gasteiger partial charge is 0.593 e. The van der Waals surface area contributed by atoms with Crippen molar-refractivity contribution in [3.63, 3.8) is 0 Å². The van der Waals surface area contributed by atoms with Crippen LogP contribution in [0.1, 0.15) is 30.4 Å². The lowest BCUT2D eigenvalue weighted by Gasteiger charge is -2.34. The minimum absolute atomic E-state index is 0.0312. The highest BCUT2D eigenvalue weighted by Crippen LogP contribution is 2.36. The Bertz CT molecular complexity index is 671. The quantitative estimate of drug-likeness (QED) is 0.683. The maximum atomic E-state index is 12.4. The summed E-state index contributed by atoms with van der Waals surface area (Å²) in [6, 6.07) is 3.06. The zero-order valence-electron chi connectivity index (χ0n) is 16.7. The van der Waals surface area contributed by atoms with E-state index in [1.807, 2.05) is 13.0 Å². The molecule has 1 unspecified atom stereocenters. The van der Waals surface area contributed by atoms with Gasteiger partial charge in [-0.25, -0.2) is 0 Å². The lowest BCUT2D eigenvalue weighted by molar-refractivity contribution is -0.118. The van der Waals surface area contributed by atoms with Crippen LogP contribution in [0.25, 0.3) is 0 Å². The van der Waals surface area contributed by atoms with Gasteiger partial charge in [-0.1, -0.05) is 6.07 Å². The second-order valence-electron chi connectivity index (χ2n) is 7.88. The summed E-state index contributed by atoms with van der Waals surface area (Å²) in [6.45, 7) is 5.53. The van der Waals surface area contributed by atoms with Gasteiger partial charge < -0.3 is 20.1 Å². The predicted octanol–water partition coefficient (Wildman–Crippen LogP) is 1.33. The van der Waals surface area contributed by atoms with Crippen LogP contribution < -0.4 is 10.0 Å². The van der Waals surface area contributed by atoms with E-state index in [4.69, 9.17) is 10.5 Å². The lowest BCUT2D eigenvalue weighted by atomic mass is 9.93.